The maximum absolute atomic E-state index is 13.4. The molecule has 2 heterocycles. The zero-order valence-corrected chi connectivity index (χ0v) is 27.3. The molecule has 13 nitrogen and oxygen atoms in total. The molecule has 0 bridgehead atoms. The number of pyridine rings is 1. The number of methoxy groups -OCH3 is 1. The van der Waals surface area contributed by atoms with Crippen LogP contribution < -0.4 is 25.4 Å². The molecule has 244 valence electrons. The number of anilines is 4. The van der Waals surface area contributed by atoms with Gasteiger partial charge in [0.1, 0.15) is 29.7 Å². The highest BCUT2D eigenvalue weighted by Crippen LogP contribution is 2.35. The Hall–Kier alpha value is -5.47. The van der Waals surface area contributed by atoms with Crippen molar-refractivity contribution in [2.24, 2.45) is 0 Å². The van der Waals surface area contributed by atoms with Crippen LogP contribution in [-0.4, -0.2) is 55.1 Å². The number of ether oxygens (including phenoxy) is 2. The van der Waals surface area contributed by atoms with Crippen LogP contribution in [0.2, 0.25) is 0 Å². The van der Waals surface area contributed by atoms with E-state index in [2.05, 4.69) is 25.7 Å². The van der Waals surface area contributed by atoms with Gasteiger partial charge < -0.3 is 20.1 Å². The van der Waals surface area contributed by atoms with Gasteiger partial charge in [-0.2, -0.15) is 5.10 Å². The molecule has 0 aliphatic heterocycles. The molecule has 0 saturated heterocycles. The first-order valence-electron chi connectivity index (χ1n) is 14.5. The Balaban J connectivity index is 1.38. The van der Waals surface area contributed by atoms with E-state index in [1.807, 2.05) is 45.0 Å². The molecule has 5 rings (SSSR count). The number of fused-ring (bicyclic) bond motifs is 1. The van der Waals surface area contributed by atoms with Gasteiger partial charge in [-0.25, -0.2) is 22.9 Å². The summed E-state index contributed by atoms with van der Waals surface area (Å²) < 4.78 is 38.3. The monoisotopic (exact) mass is 657 g/mol. The summed E-state index contributed by atoms with van der Waals surface area (Å²) in [4.78, 5) is 29.5. The third-order valence-corrected chi connectivity index (χ3v) is 7.38. The molecular formula is C33H35N7O6S. The number of hydrogen-bond acceptors (Lipinski definition) is 8. The first-order valence-corrected chi connectivity index (χ1v) is 16.4. The molecular weight excluding hydrogens is 622 g/mol. The minimum Gasteiger partial charge on any atom is -0.457 e. The lowest BCUT2D eigenvalue weighted by molar-refractivity contribution is -0.119. The minimum atomic E-state index is -3.43. The van der Waals surface area contributed by atoms with E-state index < -0.39 is 16.1 Å². The lowest BCUT2D eigenvalue weighted by Crippen LogP contribution is -2.21. The Labute approximate surface area is 272 Å². The van der Waals surface area contributed by atoms with E-state index in [9.17, 15) is 18.0 Å². The van der Waals surface area contributed by atoms with Gasteiger partial charge in [0.05, 0.1) is 23.3 Å². The van der Waals surface area contributed by atoms with Crippen molar-refractivity contribution in [3.63, 3.8) is 0 Å². The second-order valence-corrected chi connectivity index (χ2v) is 13.4. The van der Waals surface area contributed by atoms with Gasteiger partial charge >= 0.3 is 6.03 Å². The van der Waals surface area contributed by atoms with Crippen LogP contribution in [0, 0.1) is 0 Å². The fourth-order valence-electron chi connectivity index (χ4n) is 4.64. The van der Waals surface area contributed by atoms with Crippen molar-refractivity contribution in [3.05, 3.63) is 90.8 Å². The molecule has 47 heavy (non-hydrogen) atoms. The average Bonchev–Trinajstić information content (AvgIpc) is 3.42. The summed E-state index contributed by atoms with van der Waals surface area (Å²) in [6.07, 6.45) is 2.61. The van der Waals surface area contributed by atoms with Gasteiger partial charge in [-0.05, 0) is 42.5 Å². The summed E-state index contributed by atoms with van der Waals surface area (Å²) >= 11 is 0. The van der Waals surface area contributed by atoms with Crippen LogP contribution in [0.15, 0.2) is 85.1 Å². The van der Waals surface area contributed by atoms with E-state index in [-0.39, 0.29) is 17.9 Å². The SMILES string of the molecule is COCC(=O)Nc1cc(Oc2ccc(NC(=O)Nc3cc(C(C)(C)C)nn3-c3ccc(NS(C)(=O)=O)cc3)c3ccccc23)ccn1. The highest BCUT2D eigenvalue weighted by atomic mass is 32.2. The molecule has 0 saturated carbocycles. The number of amides is 3. The van der Waals surface area contributed by atoms with E-state index in [1.165, 1.54) is 13.3 Å². The van der Waals surface area contributed by atoms with E-state index in [4.69, 9.17) is 14.6 Å². The molecule has 0 unspecified atom stereocenters. The van der Waals surface area contributed by atoms with E-state index in [1.54, 1.807) is 59.3 Å². The first kappa shape index (κ1) is 32.9. The number of nitrogens with zero attached hydrogens (tertiary/aromatic N) is 3. The number of sulfonamides is 1. The Morgan fingerprint density at radius 3 is 2.30 bits per heavy atom. The number of aromatic nitrogens is 3. The van der Waals surface area contributed by atoms with Gasteiger partial charge in [0.25, 0.3) is 5.91 Å². The molecule has 0 spiro atoms. The standard InChI is InChI=1S/C33H35N7O6S/c1-33(2,3)28-19-30(40(38-28)22-12-10-21(11-13-22)39-47(5,43)44)37-32(42)35-26-14-15-27(25-9-7-6-8-24(25)26)46-23-16-17-34-29(18-23)36-31(41)20-45-4/h6-19,39H,20H2,1-5H3,(H,34,36,41)(H2,35,37,42). The minimum absolute atomic E-state index is 0.0996. The number of rotatable bonds is 10. The summed E-state index contributed by atoms with van der Waals surface area (Å²) in [5, 5.41) is 14.7. The number of carbonyl (C=O) groups is 2. The molecule has 0 aliphatic rings. The predicted octanol–water partition coefficient (Wildman–Crippen LogP) is 6.11. The fourth-order valence-corrected chi connectivity index (χ4v) is 5.20. The summed E-state index contributed by atoms with van der Waals surface area (Å²) in [6, 6.07) is 22.2. The van der Waals surface area contributed by atoms with Crippen LogP contribution in [0.25, 0.3) is 16.5 Å². The third-order valence-electron chi connectivity index (χ3n) is 6.77. The molecule has 0 atom stereocenters. The summed E-state index contributed by atoms with van der Waals surface area (Å²) in [5.74, 6) is 1.40. The van der Waals surface area contributed by atoms with Gasteiger partial charge in [-0.15, -0.1) is 0 Å². The third kappa shape index (κ3) is 8.42. The topological polar surface area (TPSA) is 166 Å². The van der Waals surface area contributed by atoms with Crippen molar-refractivity contribution in [1.82, 2.24) is 14.8 Å². The zero-order valence-electron chi connectivity index (χ0n) is 26.5. The van der Waals surface area contributed by atoms with Crippen molar-refractivity contribution in [2.75, 3.05) is 40.6 Å². The van der Waals surface area contributed by atoms with E-state index in [0.717, 1.165) is 22.7 Å². The highest BCUT2D eigenvalue weighted by Gasteiger charge is 2.22. The number of benzene rings is 3. The summed E-state index contributed by atoms with van der Waals surface area (Å²) in [5.41, 5.74) is 2.01. The Morgan fingerprint density at radius 2 is 1.62 bits per heavy atom. The molecule has 2 aromatic heterocycles. The van der Waals surface area contributed by atoms with Gasteiger partial charge in [0.2, 0.25) is 10.0 Å². The van der Waals surface area contributed by atoms with Gasteiger partial charge in [0, 0.05) is 47.3 Å². The van der Waals surface area contributed by atoms with Crippen molar-refractivity contribution >= 4 is 55.7 Å². The fraction of sp³-hybridized carbons (Fsp3) is 0.212. The van der Waals surface area contributed by atoms with E-state index in [0.29, 0.717) is 40.2 Å². The molecule has 4 N–H and O–H groups in total. The van der Waals surface area contributed by atoms with Crippen molar-refractivity contribution in [2.45, 2.75) is 26.2 Å². The van der Waals surface area contributed by atoms with Crippen LogP contribution in [0.5, 0.6) is 11.5 Å². The van der Waals surface area contributed by atoms with Crippen LogP contribution in [-0.2, 0) is 25.0 Å². The smallest absolute Gasteiger partial charge is 0.324 e. The lowest BCUT2D eigenvalue weighted by Gasteiger charge is -2.15. The zero-order chi connectivity index (χ0) is 33.8. The Morgan fingerprint density at radius 1 is 0.894 bits per heavy atom. The van der Waals surface area contributed by atoms with Crippen molar-refractivity contribution in [3.8, 4) is 17.2 Å². The summed E-state index contributed by atoms with van der Waals surface area (Å²) in [6.45, 7) is 5.95. The average molecular weight is 658 g/mol. The number of carbonyl (C=O) groups excluding carboxylic acids is 2. The molecule has 0 radical (unpaired) electrons. The second-order valence-electron chi connectivity index (χ2n) is 11.7. The van der Waals surface area contributed by atoms with Gasteiger partial charge in [-0.3, -0.25) is 14.8 Å². The van der Waals surface area contributed by atoms with Crippen LogP contribution in [0.1, 0.15) is 26.5 Å². The molecule has 0 aliphatic carbocycles. The predicted molar refractivity (Wildman–Crippen MR) is 182 cm³/mol. The van der Waals surface area contributed by atoms with E-state index >= 15 is 0 Å². The van der Waals surface area contributed by atoms with Crippen LogP contribution in [0.4, 0.5) is 27.8 Å². The maximum atomic E-state index is 13.4. The van der Waals surface area contributed by atoms with Gasteiger partial charge in [-0.1, -0.05) is 45.0 Å². The first-order chi connectivity index (χ1) is 22.3. The number of nitrogens with one attached hydrogen (secondary N) is 4. The molecule has 5 aromatic rings. The molecule has 3 amide bonds. The largest absolute Gasteiger partial charge is 0.457 e. The number of hydrogen-bond donors (Lipinski definition) is 4. The molecule has 0 fully saturated rings. The molecule has 3 aromatic carbocycles. The highest BCUT2D eigenvalue weighted by molar-refractivity contribution is 7.92. The van der Waals surface area contributed by atoms with Gasteiger partial charge in [0.15, 0.2) is 0 Å². The molecule has 14 heteroatoms. The second kappa shape index (κ2) is 13.5. The quantitative estimate of drug-likeness (QED) is 0.140. The van der Waals surface area contributed by atoms with Crippen LogP contribution in [0.3, 0.4) is 0 Å². The number of urea groups is 1. The normalized spacial score (nSPS) is 11.6. The van der Waals surface area contributed by atoms with Crippen LogP contribution >= 0.6 is 0 Å². The maximum Gasteiger partial charge on any atom is 0.324 e. The van der Waals surface area contributed by atoms with Crippen molar-refractivity contribution in [1.29, 1.82) is 0 Å². The Kier molecular flexibility index (Phi) is 9.44. The van der Waals surface area contributed by atoms with Crippen molar-refractivity contribution < 1.29 is 27.5 Å². The Bertz CT molecular complexity index is 2040. The lowest BCUT2D eigenvalue weighted by atomic mass is 9.92. The summed E-state index contributed by atoms with van der Waals surface area (Å²) in [7, 11) is -2.00.